The molecule has 0 saturated heterocycles. The summed E-state index contributed by atoms with van der Waals surface area (Å²) in [5.74, 6) is -1.15. The Hall–Kier alpha value is -3.98. The lowest BCUT2D eigenvalue weighted by molar-refractivity contribution is -0.184. The first kappa shape index (κ1) is 25.6. The van der Waals surface area contributed by atoms with Crippen molar-refractivity contribution < 1.29 is 23.5 Å². The molecule has 0 saturated carbocycles. The van der Waals surface area contributed by atoms with Crippen molar-refractivity contribution in [3.05, 3.63) is 103 Å². The van der Waals surface area contributed by atoms with Crippen LogP contribution in [0.25, 0.3) is 11.1 Å². The second kappa shape index (κ2) is 13.0. The molecular formula is C26H28F2N4O3. The van der Waals surface area contributed by atoms with Crippen molar-refractivity contribution in [3.8, 4) is 0 Å². The molecule has 1 atom stereocenters. The monoisotopic (exact) mass is 482 g/mol. The van der Waals surface area contributed by atoms with Crippen molar-refractivity contribution in [3.63, 3.8) is 0 Å². The molecule has 3 N–H and O–H groups in total. The van der Waals surface area contributed by atoms with Gasteiger partial charge in [0.2, 0.25) is 0 Å². The molecule has 3 rings (SSSR count). The highest BCUT2D eigenvalue weighted by atomic mass is 19.1. The van der Waals surface area contributed by atoms with Crippen LogP contribution in [0.3, 0.4) is 0 Å². The van der Waals surface area contributed by atoms with Crippen LogP contribution in [-0.2, 0) is 9.63 Å². The number of hydroxylamine groups is 2. The van der Waals surface area contributed by atoms with Crippen molar-refractivity contribution in [2.75, 3.05) is 13.3 Å². The molecule has 0 amide bonds. The number of carbonyl (C=O) groups excluding carboxylic acids is 1. The third kappa shape index (κ3) is 7.00. The van der Waals surface area contributed by atoms with E-state index in [0.717, 1.165) is 0 Å². The van der Waals surface area contributed by atoms with Gasteiger partial charge >= 0.3 is 5.97 Å². The standard InChI is InChI=1S/C26H28F2N4O3/c1-2-3-10-21(26(34)35-32-15-6-4-5-14-29-25(32)13-16-33)22(18-27)24-17-23(30-31-24)19-8-7-9-20(28)12-11-19/h2-3,5-6,8-12,14-15,17,25,29,33H,1,4,7,13,16,18H2,(H,30,31)/b10-3-,14-5-,15-6-,22-21-. The van der Waals surface area contributed by atoms with Crippen LogP contribution < -0.4 is 5.32 Å². The lowest BCUT2D eigenvalue weighted by Crippen LogP contribution is -2.42. The van der Waals surface area contributed by atoms with Crippen LogP contribution >= 0.6 is 0 Å². The minimum absolute atomic E-state index is 0.0329. The number of aliphatic hydroxyl groups excluding tert-OH is 1. The second-order valence-electron chi connectivity index (χ2n) is 7.56. The van der Waals surface area contributed by atoms with E-state index in [1.165, 1.54) is 35.4 Å². The number of allylic oxidation sites excluding steroid dienone is 11. The van der Waals surface area contributed by atoms with Crippen molar-refractivity contribution >= 4 is 17.1 Å². The van der Waals surface area contributed by atoms with E-state index in [-0.39, 0.29) is 35.7 Å². The van der Waals surface area contributed by atoms with E-state index in [9.17, 15) is 18.7 Å². The molecule has 1 unspecified atom stereocenters. The van der Waals surface area contributed by atoms with E-state index >= 15 is 0 Å². The van der Waals surface area contributed by atoms with Crippen LogP contribution in [0, 0.1) is 0 Å². The number of aromatic amines is 1. The fourth-order valence-electron chi connectivity index (χ4n) is 3.40. The Morgan fingerprint density at radius 3 is 2.94 bits per heavy atom. The van der Waals surface area contributed by atoms with Gasteiger partial charge in [-0.05, 0) is 48.9 Å². The van der Waals surface area contributed by atoms with E-state index in [0.29, 0.717) is 24.1 Å². The molecule has 2 heterocycles. The topological polar surface area (TPSA) is 90.5 Å². The predicted molar refractivity (Wildman–Crippen MR) is 131 cm³/mol. The van der Waals surface area contributed by atoms with E-state index < -0.39 is 18.8 Å². The molecule has 7 nitrogen and oxygen atoms in total. The Morgan fingerprint density at radius 1 is 1.31 bits per heavy atom. The Bertz CT molecular complexity index is 1130. The van der Waals surface area contributed by atoms with Gasteiger partial charge in [0, 0.05) is 24.8 Å². The normalized spacial score (nSPS) is 20.5. The molecule has 9 heteroatoms. The summed E-state index contributed by atoms with van der Waals surface area (Å²) in [6, 6.07) is 1.60. The summed E-state index contributed by atoms with van der Waals surface area (Å²) in [4.78, 5) is 18.8. The second-order valence-corrected chi connectivity index (χ2v) is 7.56. The molecule has 0 spiro atoms. The van der Waals surface area contributed by atoms with Gasteiger partial charge in [0.15, 0.2) is 0 Å². The number of nitrogens with zero attached hydrogens (tertiary/aromatic N) is 2. The highest BCUT2D eigenvalue weighted by Crippen LogP contribution is 2.26. The zero-order chi connectivity index (χ0) is 25.0. The van der Waals surface area contributed by atoms with Gasteiger partial charge in [0.25, 0.3) is 0 Å². The van der Waals surface area contributed by atoms with Gasteiger partial charge in [-0.25, -0.2) is 13.6 Å². The number of aromatic nitrogens is 2. The van der Waals surface area contributed by atoms with Gasteiger partial charge in [0.05, 0.1) is 17.0 Å². The van der Waals surface area contributed by atoms with E-state index in [4.69, 9.17) is 4.84 Å². The van der Waals surface area contributed by atoms with Crippen LogP contribution in [0.15, 0.2) is 91.1 Å². The Kier molecular flexibility index (Phi) is 9.56. The largest absolute Gasteiger partial charge is 0.396 e. The van der Waals surface area contributed by atoms with Crippen LogP contribution in [0.1, 0.15) is 30.7 Å². The molecular weight excluding hydrogens is 454 g/mol. The summed E-state index contributed by atoms with van der Waals surface area (Å²) in [7, 11) is 0. The summed E-state index contributed by atoms with van der Waals surface area (Å²) in [5.41, 5.74) is 1.44. The van der Waals surface area contributed by atoms with Crippen molar-refractivity contribution in [2.45, 2.75) is 25.4 Å². The number of hydrogen-bond donors (Lipinski definition) is 3. The summed E-state index contributed by atoms with van der Waals surface area (Å²) in [6.07, 6.45) is 18.3. The van der Waals surface area contributed by atoms with E-state index in [1.54, 1.807) is 36.7 Å². The molecule has 1 aliphatic heterocycles. The zero-order valence-electron chi connectivity index (χ0n) is 19.2. The number of hydrogen-bond acceptors (Lipinski definition) is 6. The third-order valence-electron chi connectivity index (χ3n) is 5.18. The number of nitrogens with one attached hydrogen (secondary N) is 2. The molecule has 2 aliphatic rings. The Morgan fingerprint density at radius 2 is 2.17 bits per heavy atom. The first-order valence-corrected chi connectivity index (χ1v) is 11.1. The number of carbonyl (C=O) groups is 1. The highest BCUT2D eigenvalue weighted by Gasteiger charge is 2.24. The zero-order valence-corrected chi connectivity index (χ0v) is 19.2. The molecule has 184 valence electrons. The smallest absolute Gasteiger partial charge is 0.363 e. The van der Waals surface area contributed by atoms with Gasteiger partial charge in [-0.3, -0.25) is 5.10 Å². The summed E-state index contributed by atoms with van der Waals surface area (Å²) in [5, 5.41) is 20.7. The molecule has 35 heavy (non-hydrogen) atoms. The molecule has 1 aliphatic carbocycles. The maximum atomic E-state index is 14.3. The highest BCUT2D eigenvalue weighted by molar-refractivity contribution is 6.00. The van der Waals surface area contributed by atoms with Gasteiger partial charge in [0.1, 0.15) is 18.7 Å². The van der Waals surface area contributed by atoms with Gasteiger partial charge in [-0.15, -0.1) is 0 Å². The molecule has 1 aromatic heterocycles. The van der Waals surface area contributed by atoms with E-state index in [1.807, 2.05) is 6.08 Å². The predicted octanol–water partition coefficient (Wildman–Crippen LogP) is 4.56. The summed E-state index contributed by atoms with van der Waals surface area (Å²) in [6.45, 7) is 2.50. The van der Waals surface area contributed by atoms with Crippen LogP contribution in [0.5, 0.6) is 0 Å². The molecule has 0 radical (unpaired) electrons. The van der Waals surface area contributed by atoms with Gasteiger partial charge < -0.3 is 15.3 Å². The summed E-state index contributed by atoms with van der Waals surface area (Å²) < 4.78 is 27.8. The van der Waals surface area contributed by atoms with Crippen LogP contribution in [0.4, 0.5) is 8.78 Å². The lowest BCUT2D eigenvalue weighted by atomic mass is 10.0. The molecule has 0 fully saturated rings. The maximum absolute atomic E-state index is 14.3. The van der Waals surface area contributed by atoms with E-state index in [2.05, 4.69) is 22.1 Å². The van der Waals surface area contributed by atoms with Crippen molar-refractivity contribution in [2.24, 2.45) is 0 Å². The summed E-state index contributed by atoms with van der Waals surface area (Å²) >= 11 is 0. The van der Waals surface area contributed by atoms with Crippen LogP contribution in [-0.4, -0.2) is 45.8 Å². The number of H-pyrrole nitrogens is 1. The number of aliphatic hydroxyl groups is 1. The quantitative estimate of drug-likeness (QED) is 0.353. The fraction of sp³-hybridized carbons (Fsp3) is 0.231. The van der Waals surface area contributed by atoms with Crippen molar-refractivity contribution in [1.29, 1.82) is 0 Å². The average Bonchev–Trinajstić information content (AvgIpc) is 3.22. The number of alkyl halides is 1. The minimum atomic E-state index is -0.977. The first-order valence-electron chi connectivity index (χ1n) is 11.1. The van der Waals surface area contributed by atoms with Crippen molar-refractivity contribution in [1.82, 2.24) is 20.6 Å². The Labute approximate surface area is 202 Å². The minimum Gasteiger partial charge on any atom is -0.396 e. The number of rotatable bonds is 9. The maximum Gasteiger partial charge on any atom is 0.363 e. The fourth-order valence-corrected chi connectivity index (χ4v) is 3.40. The molecule has 0 bridgehead atoms. The Balaban J connectivity index is 1.93. The SMILES string of the molecule is C=C/C=C\C(C(=O)ON1/C=C\C/C=C\NC1CCO)=C(/CF)c1cc(C2=CCC=C(F)C=C2)n[nH]1. The number of halogens is 2. The van der Waals surface area contributed by atoms with Crippen LogP contribution in [0.2, 0.25) is 0 Å². The lowest BCUT2D eigenvalue weighted by Gasteiger charge is -2.29. The molecule has 0 aromatic carbocycles. The van der Waals surface area contributed by atoms with Gasteiger partial charge in [-0.1, -0.05) is 43.0 Å². The van der Waals surface area contributed by atoms with Gasteiger partial charge in [-0.2, -0.15) is 10.2 Å². The third-order valence-corrected chi connectivity index (χ3v) is 5.18. The molecule has 1 aromatic rings. The average molecular weight is 483 g/mol. The first-order chi connectivity index (χ1) is 17.1.